The van der Waals surface area contributed by atoms with Crippen LogP contribution in [0.15, 0.2) is 24.3 Å². The maximum absolute atomic E-state index is 5.57. The summed E-state index contributed by atoms with van der Waals surface area (Å²) in [5, 5.41) is 0. The first-order chi connectivity index (χ1) is 7.34. The fourth-order valence-corrected chi connectivity index (χ4v) is 1.39. The summed E-state index contributed by atoms with van der Waals surface area (Å²) in [5.41, 5.74) is 6.30. The Morgan fingerprint density at radius 1 is 1.27 bits per heavy atom. The van der Waals surface area contributed by atoms with E-state index in [4.69, 9.17) is 19.9 Å². The standard InChI is InChI=1S/C11H15NO3/c12-9-1-3-10(4-2-9)15-8-11-7-13-5-6-14-11/h1-4,11H,5-8,12H2. The zero-order chi connectivity index (χ0) is 10.5. The van der Waals surface area contributed by atoms with Crippen LogP contribution in [-0.2, 0) is 9.47 Å². The van der Waals surface area contributed by atoms with Gasteiger partial charge in [0.25, 0.3) is 0 Å². The lowest BCUT2D eigenvalue weighted by Crippen LogP contribution is -2.33. The molecule has 1 atom stereocenters. The van der Waals surface area contributed by atoms with Gasteiger partial charge in [-0.05, 0) is 24.3 Å². The Hall–Kier alpha value is -1.26. The van der Waals surface area contributed by atoms with Crippen molar-refractivity contribution in [2.45, 2.75) is 6.10 Å². The van der Waals surface area contributed by atoms with Crippen molar-refractivity contribution in [2.75, 3.05) is 32.2 Å². The summed E-state index contributed by atoms with van der Waals surface area (Å²) in [6.07, 6.45) is 0.0382. The second-order valence-corrected chi connectivity index (χ2v) is 3.45. The Bertz CT molecular complexity index is 293. The quantitative estimate of drug-likeness (QED) is 0.756. The van der Waals surface area contributed by atoms with E-state index in [0.717, 1.165) is 11.4 Å². The van der Waals surface area contributed by atoms with Crippen molar-refractivity contribution < 1.29 is 14.2 Å². The lowest BCUT2D eigenvalue weighted by molar-refractivity contribution is -0.101. The van der Waals surface area contributed by atoms with Gasteiger partial charge in [0.1, 0.15) is 18.5 Å². The predicted molar refractivity (Wildman–Crippen MR) is 56.9 cm³/mol. The van der Waals surface area contributed by atoms with Crippen molar-refractivity contribution in [1.82, 2.24) is 0 Å². The summed E-state index contributed by atoms with van der Waals surface area (Å²) < 4.78 is 16.3. The summed E-state index contributed by atoms with van der Waals surface area (Å²) in [7, 11) is 0. The monoisotopic (exact) mass is 209 g/mol. The molecule has 0 aliphatic carbocycles. The zero-order valence-electron chi connectivity index (χ0n) is 8.52. The van der Waals surface area contributed by atoms with Crippen LogP contribution in [0.25, 0.3) is 0 Å². The Labute approximate surface area is 88.9 Å². The molecule has 4 nitrogen and oxygen atoms in total. The summed E-state index contributed by atoms with van der Waals surface area (Å²) in [5.74, 6) is 0.804. The van der Waals surface area contributed by atoms with E-state index in [1.54, 1.807) is 0 Å². The van der Waals surface area contributed by atoms with E-state index in [-0.39, 0.29) is 6.10 Å². The maximum Gasteiger partial charge on any atom is 0.119 e. The van der Waals surface area contributed by atoms with Crippen LogP contribution in [0.2, 0.25) is 0 Å². The van der Waals surface area contributed by atoms with Crippen molar-refractivity contribution in [3.05, 3.63) is 24.3 Å². The van der Waals surface area contributed by atoms with E-state index in [0.29, 0.717) is 26.4 Å². The van der Waals surface area contributed by atoms with Crippen molar-refractivity contribution in [2.24, 2.45) is 0 Å². The summed E-state index contributed by atoms with van der Waals surface area (Å²) in [4.78, 5) is 0. The number of rotatable bonds is 3. The first kappa shape index (κ1) is 10.3. The van der Waals surface area contributed by atoms with Gasteiger partial charge < -0.3 is 19.9 Å². The largest absolute Gasteiger partial charge is 0.491 e. The average molecular weight is 209 g/mol. The molecule has 1 aromatic carbocycles. The van der Waals surface area contributed by atoms with E-state index < -0.39 is 0 Å². The minimum absolute atomic E-state index is 0.0382. The molecule has 0 spiro atoms. The van der Waals surface area contributed by atoms with Gasteiger partial charge in [0.05, 0.1) is 19.8 Å². The van der Waals surface area contributed by atoms with Gasteiger partial charge in [-0.15, -0.1) is 0 Å². The highest BCUT2D eigenvalue weighted by molar-refractivity contribution is 5.41. The van der Waals surface area contributed by atoms with Crippen molar-refractivity contribution in [1.29, 1.82) is 0 Å². The Balaban J connectivity index is 1.79. The molecule has 0 saturated carbocycles. The third-order valence-corrected chi connectivity index (χ3v) is 2.20. The van der Waals surface area contributed by atoms with E-state index in [1.807, 2.05) is 24.3 Å². The number of hydrogen-bond donors (Lipinski definition) is 1. The van der Waals surface area contributed by atoms with Crippen LogP contribution >= 0.6 is 0 Å². The van der Waals surface area contributed by atoms with E-state index >= 15 is 0 Å². The highest BCUT2D eigenvalue weighted by Crippen LogP contribution is 2.14. The third kappa shape index (κ3) is 3.11. The van der Waals surface area contributed by atoms with Gasteiger partial charge in [0.15, 0.2) is 0 Å². The first-order valence-corrected chi connectivity index (χ1v) is 5.02. The molecule has 4 heteroatoms. The molecule has 1 aromatic rings. The number of nitrogen functional groups attached to an aromatic ring is 1. The molecule has 0 amide bonds. The number of anilines is 1. The fourth-order valence-electron chi connectivity index (χ4n) is 1.39. The van der Waals surface area contributed by atoms with Crippen molar-refractivity contribution in [3.63, 3.8) is 0 Å². The molecule has 1 aliphatic rings. The first-order valence-electron chi connectivity index (χ1n) is 5.02. The lowest BCUT2D eigenvalue weighted by Gasteiger charge is -2.22. The highest BCUT2D eigenvalue weighted by atomic mass is 16.6. The van der Waals surface area contributed by atoms with Crippen LogP contribution < -0.4 is 10.5 Å². The van der Waals surface area contributed by atoms with Crippen LogP contribution in [0.1, 0.15) is 0 Å². The third-order valence-electron chi connectivity index (χ3n) is 2.20. The van der Waals surface area contributed by atoms with E-state index in [9.17, 15) is 0 Å². The van der Waals surface area contributed by atoms with Gasteiger partial charge in [-0.2, -0.15) is 0 Å². The molecule has 2 rings (SSSR count). The molecular formula is C11H15NO3. The summed E-state index contributed by atoms with van der Waals surface area (Å²) in [6.45, 7) is 2.45. The molecule has 82 valence electrons. The minimum Gasteiger partial charge on any atom is -0.491 e. The number of benzene rings is 1. The van der Waals surface area contributed by atoms with Gasteiger partial charge in [-0.3, -0.25) is 0 Å². The van der Waals surface area contributed by atoms with Gasteiger partial charge in [0.2, 0.25) is 0 Å². The fraction of sp³-hybridized carbons (Fsp3) is 0.455. The minimum atomic E-state index is 0.0382. The van der Waals surface area contributed by atoms with Crippen LogP contribution in [0.5, 0.6) is 5.75 Å². The number of ether oxygens (including phenoxy) is 3. The van der Waals surface area contributed by atoms with Crippen LogP contribution in [0, 0.1) is 0 Å². The molecule has 1 saturated heterocycles. The normalized spacial score (nSPS) is 21.2. The van der Waals surface area contributed by atoms with Gasteiger partial charge in [-0.1, -0.05) is 0 Å². The summed E-state index contributed by atoms with van der Waals surface area (Å²) >= 11 is 0. The molecule has 1 fully saturated rings. The molecule has 1 unspecified atom stereocenters. The molecule has 0 bridgehead atoms. The SMILES string of the molecule is Nc1ccc(OCC2COCCO2)cc1. The molecule has 1 aliphatic heterocycles. The van der Waals surface area contributed by atoms with Gasteiger partial charge >= 0.3 is 0 Å². The molecule has 2 N–H and O–H groups in total. The molecule has 15 heavy (non-hydrogen) atoms. The number of nitrogens with two attached hydrogens (primary N) is 1. The second-order valence-electron chi connectivity index (χ2n) is 3.45. The van der Waals surface area contributed by atoms with Crippen LogP contribution in [-0.4, -0.2) is 32.5 Å². The smallest absolute Gasteiger partial charge is 0.119 e. The molecule has 0 radical (unpaired) electrons. The Morgan fingerprint density at radius 3 is 2.73 bits per heavy atom. The molecular weight excluding hydrogens is 194 g/mol. The topological polar surface area (TPSA) is 53.7 Å². The Morgan fingerprint density at radius 2 is 2.07 bits per heavy atom. The molecule has 0 aromatic heterocycles. The number of hydrogen-bond acceptors (Lipinski definition) is 4. The second kappa shape index (κ2) is 5.00. The van der Waals surface area contributed by atoms with Crippen LogP contribution in [0.4, 0.5) is 5.69 Å². The van der Waals surface area contributed by atoms with Crippen molar-refractivity contribution >= 4 is 5.69 Å². The highest BCUT2D eigenvalue weighted by Gasteiger charge is 2.14. The summed E-state index contributed by atoms with van der Waals surface area (Å²) in [6, 6.07) is 7.32. The Kier molecular flexibility index (Phi) is 3.42. The van der Waals surface area contributed by atoms with E-state index in [2.05, 4.69) is 0 Å². The van der Waals surface area contributed by atoms with Gasteiger partial charge in [-0.25, -0.2) is 0 Å². The molecule has 1 heterocycles. The van der Waals surface area contributed by atoms with Crippen LogP contribution in [0.3, 0.4) is 0 Å². The maximum atomic E-state index is 5.57. The van der Waals surface area contributed by atoms with Crippen molar-refractivity contribution in [3.8, 4) is 5.75 Å². The van der Waals surface area contributed by atoms with Gasteiger partial charge in [0, 0.05) is 5.69 Å². The zero-order valence-corrected chi connectivity index (χ0v) is 8.52. The predicted octanol–water partition coefficient (Wildman–Crippen LogP) is 1.06. The lowest BCUT2D eigenvalue weighted by atomic mass is 10.3. The van der Waals surface area contributed by atoms with E-state index in [1.165, 1.54) is 0 Å². The average Bonchev–Trinajstić information content (AvgIpc) is 2.30.